The van der Waals surface area contributed by atoms with Gasteiger partial charge in [0.05, 0.1) is 0 Å². The van der Waals surface area contributed by atoms with Crippen molar-refractivity contribution >= 4 is 5.91 Å². The Balaban J connectivity index is 2.01. The number of nitrogens with one attached hydrogen (secondary N) is 1. The number of carbonyl (C=O) groups is 1. The highest BCUT2D eigenvalue weighted by Crippen LogP contribution is 2.15. The molecule has 0 radical (unpaired) electrons. The zero-order valence-electron chi connectivity index (χ0n) is 12.7. The normalized spacial score (nSPS) is 19.3. The molecule has 0 aromatic carbocycles. The molecule has 112 valence electrons. The van der Waals surface area contributed by atoms with Crippen molar-refractivity contribution in [1.29, 1.82) is 0 Å². The van der Waals surface area contributed by atoms with E-state index in [0.29, 0.717) is 12.3 Å². The Kier molecular flexibility index (Phi) is 8.07. The molecule has 0 saturated carbocycles. The van der Waals surface area contributed by atoms with E-state index in [0.717, 1.165) is 38.4 Å². The topological polar surface area (TPSA) is 58.4 Å². The number of piperidine rings is 1. The van der Waals surface area contributed by atoms with E-state index < -0.39 is 0 Å². The van der Waals surface area contributed by atoms with E-state index in [1.54, 1.807) is 0 Å². The summed E-state index contributed by atoms with van der Waals surface area (Å²) in [7, 11) is 0. The molecule has 1 aliphatic rings. The first-order valence-corrected chi connectivity index (χ1v) is 7.81. The van der Waals surface area contributed by atoms with Crippen LogP contribution in [0.5, 0.6) is 0 Å². The molecule has 3 N–H and O–H groups in total. The second-order valence-electron chi connectivity index (χ2n) is 6.10. The third-order valence-electron chi connectivity index (χ3n) is 4.15. The quantitative estimate of drug-likeness (QED) is 0.703. The molecule has 0 spiro atoms. The molecule has 0 aliphatic carbocycles. The zero-order valence-corrected chi connectivity index (χ0v) is 12.7. The summed E-state index contributed by atoms with van der Waals surface area (Å²) in [6.45, 7) is 9.36. The van der Waals surface area contributed by atoms with Crippen molar-refractivity contribution < 1.29 is 4.79 Å². The highest BCUT2D eigenvalue weighted by atomic mass is 16.1. The molecular formula is C15H31N3O. The van der Waals surface area contributed by atoms with Gasteiger partial charge < -0.3 is 16.0 Å². The number of nitrogens with zero attached hydrogens (tertiary/aromatic N) is 1. The van der Waals surface area contributed by atoms with Crippen LogP contribution in [0.4, 0.5) is 0 Å². The van der Waals surface area contributed by atoms with Crippen LogP contribution in [-0.2, 0) is 4.79 Å². The summed E-state index contributed by atoms with van der Waals surface area (Å²) < 4.78 is 0. The molecule has 0 aromatic rings. The molecule has 4 nitrogen and oxygen atoms in total. The highest BCUT2D eigenvalue weighted by Gasteiger charge is 2.15. The number of rotatable bonds is 8. The summed E-state index contributed by atoms with van der Waals surface area (Å²) in [6, 6.07) is 0. The lowest BCUT2D eigenvalue weighted by atomic mass is 9.99. The fourth-order valence-electron chi connectivity index (χ4n) is 2.53. The molecule has 1 saturated heterocycles. The Morgan fingerprint density at radius 1 is 1.37 bits per heavy atom. The van der Waals surface area contributed by atoms with E-state index >= 15 is 0 Å². The van der Waals surface area contributed by atoms with Crippen LogP contribution in [0.2, 0.25) is 0 Å². The summed E-state index contributed by atoms with van der Waals surface area (Å²) in [5, 5.41) is 3.03. The van der Waals surface area contributed by atoms with Crippen LogP contribution in [0.15, 0.2) is 0 Å². The van der Waals surface area contributed by atoms with Gasteiger partial charge in [0.1, 0.15) is 0 Å². The second kappa shape index (κ2) is 9.32. The minimum atomic E-state index is 0.189. The number of amides is 1. The Morgan fingerprint density at radius 2 is 2.05 bits per heavy atom. The maximum absolute atomic E-state index is 11.7. The van der Waals surface area contributed by atoms with E-state index in [4.69, 9.17) is 5.73 Å². The minimum absolute atomic E-state index is 0.189. The van der Waals surface area contributed by atoms with Crippen LogP contribution in [-0.4, -0.2) is 43.5 Å². The number of carbonyl (C=O) groups excluding carboxylic acids is 1. The largest absolute Gasteiger partial charge is 0.355 e. The molecule has 0 aromatic heterocycles. The molecule has 1 amide bonds. The van der Waals surface area contributed by atoms with E-state index in [1.165, 1.54) is 25.9 Å². The first-order valence-electron chi connectivity index (χ1n) is 7.81. The van der Waals surface area contributed by atoms with Gasteiger partial charge in [0, 0.05) is 19.5 Å². The smallest absolute Gasteiger partial charge is 0.220 e. The van der Waals surface area contributed by atoms with E-state index in [-0.39, 0.29) is 5.91 Å². The predicted molar refractivity (Wildman–Crippen MR) is 79.9 cm³/mol. The highest BCUT2D eigenvalue weighted by molar-refractivity contribution is 5.75. The van der Waals surface area contributed by atoms with Gasteiger partial charge in [-0.3, -0.25) is 4.79 Å². The molecule has 1 unspecified atom stereocenters. The van der Waals surface area contributed by atoms with Crippen LogP contribution in [0.3, 0.4) is 0 Å². The number of likely N-dealkylation sites (tertiary alicyclic amines) is 1. The van der Waals surface area contributed by atoms with Crippen LogP contribution in [0.25, 0.3) is 0 Å². The fraction of sp³-hybridized carbons (Fsp3) is 0.933. The van der Waals surface area contributed by atoms with Crippen molar-refractivity contribution in [3.8, 4) is 0 Å². The van der Waals surface area contributed by atoms with E-state index in [9.17, 15) is 4.79 Å². The van der Waals surface area contributed by atoms with Gasteiger partial charge in [-0.05, 0) is 57.2 Å². The van der Waals surface area contributed by atoms with Crippen LogP contribution in [0.1, 0.15) is 46.0 Å². The third kappa shape index (κ3) is 7.53. The van der Waals surface area contributed by atoms with Crippen molar-refractivity contribution in [1.82, 2.24) is 10.2 Å². The van der Waals surface area contributed by atoms with Gasteiger partial charge in [0.25, 0.3) is 0 Å². The van der Waals surface area contributed by atoms with Crippen LogP contribution >= 0.6 is 0 Å². The van der Waals surface area contributed by atoms with E-state index in [2.05, 4.69) is 24.1 Å². The maximum atomic E-state index is 11.7. The van der Waals surface area contributed by atoms with Gasteiger partial charge in [-0.15, -0.1) is 0 Å². The molecular weight excluding hydrogens is 238 g/mol. The molecule has 1 aliphatic heterocycles. The Bertz CT molecular complexity index is 250. The Hall–Kier alpha value is -0.610. The lowest BCUT2D eigenvalue weighted by Gasteiger charge is -2.30. The molecule has 19 heavy (non-hydrogen) atoms. The van der Waals surface area contributed by atoms with Crippen molar-refractivity contribution in [2.75, 3.05) is 32.7 Å². The average molecular weight is 269 g/mol. The van der Waals surface area contributed by atoms with Gasteiger partial charge in [-0.2, -0.15) is 0 Å². The molecule has 0 bridgehead atoms. The molecule has 1 heterocycles. The Morgan fingerprint density at radius 3 is 2.68 bits per heavy atom. The first kappa shape index (κ1) is 16.4. The summed E-state index contributed by atoms with van der Waals surface area (Å²) in [5.74, 6) is 1.61. The second-order valence-corrected chi connectivity index (χ2v) is 6.10. The number of hydrogen-bond donors (Lipinski definition) is 2. The standard InChI is InChI=1S/C15H31N3O/c1-13(5-8-16)3-4-15(19)17-9-12-18-10-6-14(2)7-11-18/h13-14H,3-12,16H2,1-2H3,(H,17,19). The van der Waals surface area contributed by atoms with Crippen molar-refractivity contribution in [2.24, 2.45) is 17.6 Å². The van der Waals surface area contributed by atoms with Gasteiger partial charge in [0.15, 0.2) is 0 Å². The molecule has 1 fully saturated rings. The Labute approximate surface area is 118 Å². The maximum Gasteiger partial charge on any atom is 0.220 e. The van der Waals surface area contributed by atoms with Crippen LogP contribution in [0, 0.1) is 11.8 Å². The van der Waals surface area contributed by atoms with Gasteiger partial charge in [0.2, 0.25) is 5.91 Å². The van der Waals surface area contributed by atoms with Crippen molar-refractivity contribution in [3.05, 3.63) is 0 Å². The van der Waals surface area contributed by atoms with E-state index in [1.807, 2.05) is 0 Å². The van der Waals surface area contributed by atoms with Crippen LogP contribution < -0.4 is 11.1 Å². The summed E-state index contributed by atoms with van der Waals surface area (Å²) in [4.78, 5) is 14.1. The van der Waals surface area contributed by atoms with Gasteiger partial charge in [-0.25, -0.2) is 0 Å². The lowest BCUT2D eigenvalue weighted by Crippen LogP contribution is -2.39. The summed E-state index contributed by atoms with van der Waals surface area (Å²) in [5.41, 5.74) is 5.50. The van der Waals surface area contributed by atoms with Crippen molar-refractivity contribution in [3.63, 3.8) is 0 Å². The molecule has 1 rings (SSSR count). The summed E-state index contributed by atoms with van der Waals surface area (Å²) in [6.07, 6.45) is 5.19. The van der Waals surface area contributed by atoms with Crippen molar-refractivity contribution in [2.45, 2.75) is 46.0 Å². The molecule has 4 heteroatoms. The number of hydrogen-bond acceptors (Lipinski definition) is 3. The summed E-state index contributed by atoms with van der Waals surface area (Å²) >= 11 is 0. The third-order valence-corrected chi connectivity index (χ3v) is 4.15. The lowest BCUT2D eigenvalue weighted by molar-refractivity contribution is -0.121. The van der Waals surface area contributed by atoms with Gasteiger partial charge >= 0.3 is 0 Å². The minimum Gasteiger partial charge on any atom is -0.355 e. The fourth-order valence-corrected chi connectivity index (χ4v) is 2.53. The average Bonchev–Trinajstić information content (AvgIpc) is 2.39. The number of nitrogens with two attached hydrogens (primary N) is 1. The van der Waals surface area contributed by atoms with Gasteiger partial charge in [-0.1, -0.05) is 13.8 Å². The SMILES string of the molecule is CC(CCN)CCC(=O)NCCN1CCC(C)CC1. The molecule has 1 atom stereocenters. The monoisotopic (exact) mass is 269 g/mol. The first-order chi connectivity index (χ1) is 9.11. The zero-order chi connectivity index (χ0) is 14.1. The predicted octanol–water partition coefficient (Wildman–Crippen LogP) is 1.60.